The zero-order valence-corrected chi connectivity index (χ0v) is 14.4. The first-order chi connectivity index (χ1) is 11.2. The highest BCUT2D eigenvalue weighted by Gasteiger charge is 2.07. The second-order valence-electron chi connectivity index (χ2n) is 4.94. The van der Waals surface area contributed by atoms with Crippen LogP contribution < -0.4 is 5.32 Å². The van der Waals surface area contributed by atoms with Gasteiger partial charge in [0.1, 0.15) is 0 Å². The number of non-ortho nitro benzene ring substituents is 1. The topological polar surface area (TPSA) is 75.4 Å². The fraction of sp³-hybridized carbons (Fsp3) is 0.375. The van der Waals surface area contributed by atoms with Gasteiger partial charge in [0, 0.05) is 47.3 Å². The van der Waals surface area contributed by atoms with Gasteiger partial charge < -0.3 is 10.4 Å². The number of nitrogens with zero attached hydrogens (tertiary/aromatic N) is 1. The predicted molar refractivity (Wildman–Crippen MR) is 97.1 cm³/mol. The Morgan fingerprint density at radius 1 is 1.17 bits per heavy atom. The van der Waals surface area contributed by atoms with Gasteiger partial charge in [-0.1, -0.05) is 0 Å². The minimum atomic E-state index is -0.383. The van der Waals surface area contributed by atoms with Crippen LogP contribution in [-0.4, -0.2) is 34.7 Å². The summed E-state index contributed by atoms with van der Waals surface area (Å²) in [6.45, 7) is 2.04. The molecular weight excluding hydrogens is 332 g/mol. The van der Waals surface area contributed by atoms with Crippen LogP contribution in [0.3, 0.4) is 0 Å². The third-order valence-electron chi connectivity index (χ3n) is 3.19. The van der Waals surface area contributed by atoms with Crippen LogP contribution in [0.5, 0.6) is 0 Å². The number of benzene rings is 1. The second-order valence-corrected chi connectivity index (χ2v) is 7.33. The van der Waals surface area contributed by atoms with Gasteiger partial charge in [-0.05, 0) is 42.0 Å². The number of nitro benzene ring substituents is 1. The molecular formula is C16H20N2O3S2. The van der Waals surface area contributed by atoms with E-state index in [1.165, 1.54) is 17.0 Å². The largest absolute Gasteiger partial charge is 0.396 e. The highest BCUT2D eigenvalue weighted by atomic mass is 32.2. The van der Waals surface area contributed by atoms with Gasteiger partial charge in [0.05, 0.1) is 4.92 Å². The molecule has 0 radical (unpaired) electrons. The van der Waals surface area contributed by atoms with E-state index in [4.69, 9.17) is 5.11 Å². The standard InChI is InChI=1S/C16H20N2O3S2/c19-9-1-10-22-11-8-17-12-15-6-7-16(23-15)13-2-4-14(5-3-13)18(20)21/h2-7,17,19H,1,8-12H2. The van der Waals surface area contributed by atoms with Crippen LogP contribution in [0.25, 0.3) is 10.4 Å². The van der Waals surface area contributed by atoms with Crippen molar-refractivity contribution in [3.05, 3.63) is 51.4 Å². The van der Waals surface area contributed by atoms with Crippen molar-refractivity contribution in [2.24, 2.45) is 0 Å². The van der Waals surface area contributed by atoms with Crippen LogP contribution >= 0.6 is 23.1 Å². The lowest BCUT2D eigenvalue weighted by atomic mass is 10.2. The maximum atomic E-state index is 10.7. The molecule has 7 heteroatoms. The van der Waals surface area contributed by atoms with Crippen LogP contribution in [0.15, 0.2) is 36.4 Å². The summed E-state index contributed by atoms with van der Waals surface area (Å²) in [6, 6.07) is 10.8. The van der Waals surface area contributed by atoms with Gasteiger partial charge in [0.15, 0.2) is 0 Å². The van der Waals surface area contributed by atoms with Gasteiger partial charge in [-0.25, -0.2) is 0 Å². The van der Waals surface area contributed by atoms with Crippen molar-refractivity contribution in [1.29, 1.82) is 0 Å². The number of thioether (sulfide) groups is 1. The van der Waals surface area contributed by atoms with Gasteiger partial charge >= 0.3 is 0 Å². The molecule has 0 bridgehead atoms. The molecule has 0 unspecified atom stereocenters. The average Bonchev–Trinajstić information content (AvgIpc) is 3.03. The molecule has 0 aliphatic rings. The number of nitrogens with one attached hydrogen (secondary N) is 1. The van der Waals surface area contributed by atoms with E-state index in [0.717, 1.165) is 41.5 Å². The summed E-state index contributed by atoms with van der Waals surface area (Å²) in [5.41, 5.74) is 1.12. The van der Waals surface area contributed by atoms with Gasteiger partial charge in [-0.15, -0.1) is 11.3 Å². The number of nitro groups is 1. The van der Waals surface area contributed by atoms with Gasteiger partial charge in [-0.3, -0.25) is 10.1 Å². The molecule has 1 heterocycles. The molecule has 0 saturated heterocycles. The van der Waals surface area contributed by atoms with E-state index in [2.05, 4.69) is 17.4 Å². The van der Waals surface area contributed by atoms with Gasteiger partial charge in [0.2, 0.25) is 0 Å². The Kier molecular flexibility index (Phi) is 7.54. The Hall–Kier alpha value is -1.41. The molecule has 0 spiro atoms. The molecule has 2 rings (SSSR count). The number of hydrogen-bond acceptors (Lipinski definition) is 6. The molecule has 0 atom stereocenters. The fourth-order valence-corrected chi connectivity index (χ4v) is 3.81. The smallest absolute Gasteiger partial charge is 0.269 e. The third kappa shape index (κ3) is 5.95. The van der Waals surface area contributed by atoms with Crippen molar-refractivity contribution in [2.75, 3.05) is 24.7 Å². The number of hydrogen-bond donors (Lipinski definition) is 2. The van der Waals surface area contributed by atoms with Crippen LogP contribution in [-0.2, 0) is 6.54 Å². The average molecular weight is 352 g/mol. The maximum Gasteiger partial charge on any atom is 0.269 e. The number of aliphatic hydroxyl groups is 1. The monoisotopic (exact) mass is 352 g/mol. The third-order valence-corrected chi connectivity index (χ3v) is 5.40. The van der Waals surface area contributed by atoms with Crippen molar-refractivity contribution in [1.82, 2.24) is 5.32 Å². The summed E-state index contributed by atoms with van der Waals surface area (Å²) in [6.07, 6.45) is 0.855. The Morgan fingerprint density at radius 2 is 1.96 bits per heavy atom. The van der Waals surface area contributed by atoms with Gasteiger partial charge in [0.25, 0.3) is 5.69 Å². The molecule has 23 heavy (non-hydrogen) atoms. The molecule has 2 N–H and O–H groups in total. The lowest BCUT2D eigenvalue weighted by Crippen LogP contribution is -2.15. The summed E-state index contributed by atoms with van der Waals surface area (Å²) in [7, 11) is 0. The summed E-state index contributed by atoms with van der Waals surface area (Å²) >= 11 is 3.54. The van der Waals surface area contributed by atoms with Crippen LogP contribution in [0, 0.1) is 10.1 Å². The summed E-state index contributed by atoms with van der Waals surface area (Å²) in [4.78, 5) is 12.7. The van der Waals surface area contributed by atoms with Crippen molar-refractivity contribution < 1.29 is 10.0 Å². The second kappa shape index (κ2) is 9.67. The Balaban J connectivity index is 1.78. The zero-order chi connectivity index (χ0) is 16.5. The first kappa shape index (κ1) is 17.9. The Bertz CT molecular complexity index is 614. The minimum Gasteiger partial charge on any atom is -0.396 e. The minimum absolute atomic E-state index is 0.117. The first-order valence-electron chi connectivity index (χ1n) is 7.43. The van der Waals surface area contributed by atoms with E-state index in [1.807, 2.05) is 11.8 Å². The SMILES string of the molecule is O=[N+]([O-])c1ccc(-c2ccc(CNCCSCCCO)s2)cc1. The maximum absolute atomic E-state index is 10.7. The van der Waals surface area contributed by atoms with Crippen LogP contribution in [0.2, 0.25) is 0 Å². The molecule has 0 fully saturated rings. The van der Waals surface area contributed by atoms with Crippen molar-refractivity contribution >= 4 is 28.8 Å². The van der Waals surface area contributed by atoms with Gasteiger partial charge in [-0.2, -0.15) is 11.8 Å². The fourth-order valence-electron chi connectivity index (χ4n) is 2.00. The summed E-state index contributed by atoms with van der Waals surface area (Å²) < 4.78 is 0. The number of aliphatic hydroxyl groups excluding tert-OH is 1. The van der Waals surface area contributed by atoms with E-state index in [-0.39, 0.29) is 17.2 Å². The van der Waals surface area contributed by atoms with E-state index in [0.29, 0.717) is 0 Å². The Labute approximate surface area is 143 Å². The first-order valence-corrected chi connectivity index (χ1v) is 9.40. The molecule has 0 saturated carbocycles. The molecule has 2 aromatic rings. The van der Waals surface area contributed by atoms with E-state index >= 15 is 0 Å². The number of thiophene rings is 1. The highest BCUT2D eigenvalue weighted by Crippen LogP contribution is 2.29. The lowest BCUT2D eigenvalue weighted by Gasteiger charge is -2.02. The van der Waals surface area contributed by atoms with Crippen LogP contribution in [0.1, 0.15) is 11.3 Å². The van der Waals surface area contributed by atoms with Crippen molar-refractivity contribution in [2.45, 2.75) is 13.0 Å². The van der Waals surface area contributed by atoms with Crippen molar-refractivity contribution in [3.63, 3.8) is 0 Å². The number of rotatable bonds is 10. The quantitative estimate of drug-likeness (QED) is 0.389. The van der Waals surface area contributed by atoms with E-state index in [9.17, 15) is 10.1 Å². The lowest BCUT2D eigenvalue weighted by molar-refractivity contribution is -0.384. The molecule has 1 aromatic heterocycles. The predicted octanol–water partition coefficient (Wildman–Crippen LogP) is 3.53. The van der Waals surface area contributed by atoms with E-state index in [1.54, 1.807) is 23.5 Å². The molecule has 1 aromatic carbocycles. The highest BCUT2D eigenvalue weighted by molar-refractivity contribution is 7.99. The van der Waals surface area contributed by atoms with Crippen molar-refractivity contribution in [3.8, 4) is 10.4 Å². The normalized spacial score (nSPS) is 10.8. The zero-order valence-electron chi connectivity index (χ0n) is 12.7. The van der Waals surface area contributed by atoms with Crippen LogP contribution in [0.4, 0.5) is 5.69 Å². The summed E-state index contributed by atoms with van der Waals surface area (Å²) in [5.74, 6) is 2.04. The summed E-state index contributed by atoms with van der Waals surface area (Å²) in [5, 5.41) is 22.8. The molecule has 0 aliphatic heterocycles. The Morgan fingerprint density at radius 3 is 2.65 bits per heavy atom. The molecule has 0 aliphatic carbocycles. The molecule has 0 amide bonds. The molecule has 5 nitrogen and oxygen atoms in total. The van der Waals surface area contributed by atoms with E-state index < -0.39 is 0 Å². The molecule has 124 valence electrons.